The van der Waals surface area contributed by atoms with Crippen LogP contribution in [-0.2, 0) is 4.74 Å². The zero-order valence-electron chi connectivity index (χ0n) is 22.6. The molecule has 12 heteroatoms. The summed E-state index contributed by atoms with van der Waals surface area (Å²) in [6.07, 6.45) is 4.99. The molecule has 0 saturated carbocycles. The molecule has 1 aromatic carbocycles. The Kier molecular flexibility index (Phi) is 8.40. The number of nitrogens with zero attached hydrogens (tertiary/aromatic N) is 6. The van der Waals surface area contributed by atoms with Gasteiger partial charge < -0.3 is 20.1 Å². The van der Waals surface area contributed by atoms with Gasteiger partial charge in [0, 0.05) is 62.6 Å². The largest absolute Gasteiger partial charge is 0.492 e. The lowest BCUT2D eigenvalue weighted by atomic mass is 10.1. The van der Waals surface area contributed by atoms with E-state index in [0.717, 1.165) is 57.1 Å². The molecule has 0 aliphatic carbocycles. The van der Waals surface area contributed by atoms with Crippen LogP contribution in [0.4, 0.5) is 26.2 Å². The van der Waals surface area contributed by atoms with Crippen molar-refractivity contribution in [3.05, 3.63) is 60.8 Å². The summed E-state index contributed by atoms with van der Waals surface area (Å²) >= 11 is 0. The molecule has 0 amide bonds. The van der Waals surface area contributed by atoms with Crippen LogP contribution in [0, 0.1) is 5.82 Å². The van der Waals surface area contributed by atoms with Crippen molar-refractivity contribution in [3.63, 3.8) is 0 Å². The third-order valence-electron chi connectivity index (χ3n) is 7.20. The van der Waals surface area contributed by atoms with Gasteiger partial charge in [-0.3, -0.25) is 14.8 Å². The van der Waals surface area contributed by atoms with Crippen LogP contribution in [0.1, 0.15) is 0 Å². The molecule has 0 unspecified atom stereocenters. The van der Waals surface area contributed by atoms with Crippen LogP contribution in [0.25, 0.3) is 22.2 Å². The van der Waals surface area contributed by atoms with Gasteiger partial charge in [-0.25, -0.2) is 23.7 Å². The van der Waals surface area contributed by atoms with Crippen LogP contribution in [0.5, 0.6) is 5.75 Å². The first-order valence-corrected chi connectivity index (χ1v) is 13.8. The second-order valence-electron chi connectivity index (χ2n) is 10.1. The molecule has 6 rings (SSSR count). The van der Waals surface area contributed by atoms with Gasteiger partial charge in [-0.15, -0.1) is 0 Å². The van der Waals surface area contributed by atoms with Crippen molar-refractivity contribution in [2.75, 3.05) is 76.4 Å². The minimum absolute atomic E-state index is 0.261. The number of pyridine rings is 2. The molecule has 2 saturated heterocycles. The number of fused-ring (bicyclic) bond motifs is 1. The molecular weight excluding hydrogens is 530 g/mol. The zero-order chi connectivity index (χ0) is 28.0. The summed E-state index contributed by atoms with van der Waals surface area (Å²) in [6, 6.07) is 10.5. The van der Waals surface area contributed by atoms with Gasteiger partial charge in [0.15, 0.2) is 0 Å². The summed E-state index contributed by atoms with van der Waals surface area (Å²) in [5, 5.41) is 7.26. The Balaban J connectivity index is 1.14. The highest BCUT2D eigenvalue weighted by Gasteiger charge is 2.26. The van der Waals surface area contributed by atoms with Gasteiger partial charge in [0.1, 0.15) is 36.2 Å². The van der Waals surface area contributed by atoms with E-state index in [0.29, 0.717) is 47.3 Å². The fourth-order valence-electron chi connectivity index (χ4n) is 4.96. The highest BCUT2D eigenvalue weighted by Crippen LogP contribution is 2.31. The van der Waals surface area contributed by atoms with Crippen LogP contribution < -0.4 is 15.4 Å². The first-order chi connectivity index (χ1) is 20.1. The standard InChI is InChI=1S/C29H32F2N8O2/c30-6-8-39-18-22(19-39)35-26-4-1-21(17-33-26)36-29-34-16-20-5-7-32-28(27(20)37-29)24-15-23(2-3-25(24)31)41-14-11-38-9-12-40-13-10-38/h1-5,7,15-17,22H,6,8-14,18-19H2,(H,33,35)(H,34,36,37). The molecule has 41 heavy (non-hydrogen) atoms. The summed E-state index contributed by atoms with van der Waals surface area (Å²) in [5.74, 6) is 1.24. The number of benzene rings is 1. The third kappa shape index (κ3) is 6.67. The number of hydrogen-bond acceptors (Lipinski definition) is 10. The molecule has 4 aromatic rings. The van der Waals surface area contributed by atoms with Crippen molar-refractivity contribution >= 4 is 28.4 Å². The summed E-state index contributed by atoms with van der Waals surface area (Å²) in [4.78, 5) is 22.4. The fourth-order valence-corrected chi connectivity index (χ4v) is 4.96. The lowest BCUT2D eigenvalue weighted by Gasteiger charge is -2.39. The topological polar surface area (TPSA) is 101 Å². The van der Waals surface area contributed by atoms with E-state index in [9.17, 15) is 4.39 Å². The van der Waals surface area contributed by atoms with Crippen LogP contribution >= 0.6 is 0 Å². The first kappa shape index (κ1) is 27.2. The van der Waals surface area contributed by atoms with E-state index in [2.05, 4.69) is 40.4 Å². The number of halogens is 2. The van der Waals surface area contributed by atoms with Crippen molar-refractivity contribution in [3.8, 4) is 17.0 Å². The molecular formula is C29H32F2N8O2. The third-order valence-corrected chi connectivity index (χ3v) is 7.20. The first-order valence-electron chi connectivity index (χ1n) is 13.8. The number of hydrogen-bond donors (Lipinski definition) is 2. The maximum Gasteiger partial charge on any atom is 0.227 e. The predicted octanol–water partition coefficient (Wildman–Crippen LogP) is 3.75. The summed E-state index contributed by atoms with van der Waals surface area (Å²) in [7, 11) is 0. The lowest BCUT2D eigenvalue weighted by Crippen LogP contribution is -2.55. The molecule has 10 nitrogen and oxygen atoms in total. The number of rotatable bonds is 11. The Bertz CT molecular complexity index is 1460. The summed E-state index contributed by atoms with van der Waals surface area (Å²) in [6.45, 7) is 6.24. The average Bonchev–Trinajstić information content (AvgIpc) is 2.98. The number of morpholine rings is 1. The number of anilines is 3. The SMILES string of the molecule is FCCN1CC(Nc2ccc(Nc3ncc4ccnc(-c5cc(OCCN6CCOCC6)ccc5F)c4n3)cn2)C1. The van der Waals surface area contributed by atoms with E-state index in [1.165, 1.54) is 6.07 Å². The quantitative estimate of drug-likeness (QED) is 0.281. The lowest BCUT2D eigenvalue weighted by molar-refractivity contribution is 0.0322. The van der Waals surface area contributed by atoms with Crippen molar-refractivity contribution in [2.24, 2.45) is 0 Å². The number of likely N-dealkylation sites (tertiary alicyclic amines) is 1. The van der Waals surface area contributed by atoms with E-state index >= 15 is 4.39 Å². The van der Waals surface area contributed by atoms with Crippen molar-refractivity contribution in [2.45, 2.75) is 6.04 Å². The molecule has 0 bridgehead atoms. The molecule has 3 aromatic heterocycles. The number of alkyl halides is 1. The second-order valence-corrected chi connectivity index (χ2v) is 10.1. The fraction of sp³-hybridized carbons (Fsp3) is 0.379. The van der Waals surface area contributed by atoms with E-state index in [1.54, 1.807) is 36.8 Å². The van der Waals surface area contributed by atoms with Gasteiger partial charge >= 0.3 is 0 Å². The highest BCUT2D eigenvalue weighted by atomic mass is 19.1. The van der Waals surface area contributed by atoms with E-state index < -0.39 is 5.82 Å². The summed E-state index contributed by atoms with van der Waals surface area (Å²) in [5.41, 5.74) is 1.93. The molecule has 0 spiro atoms. The Morgan fingerprint density at radius 1 is 0.976 bits per heavy atom. The zero-order valence-corrected chi connectivity index (χ0v) is 22.6. The van der Waals surface area contributed by atoms with Crippen molar-refractivity contribution in [1.29, 1.82) is 0 Å². The molecule has 2 N–H and O–H groups in total. The number of aromatic nitrogens is 4. The Hall–Kier alpha value is -4.00. The number of ether oxygens (including phenoxy) is 2. The van der Waals surface area contributed by atoms with Crippen LogP contribution in [0.2, 0.25) is 0 Å². The van der Waals surface area contributed by atoms with Gasteiger partial charge in [-0.1, -0.05) is 0 Å². The van der Waals surface area contributed by atoms with Crippen molar-refractivity contribution < 1.29 is 18.3 Å². The number of nitrogens with one attached hydrogen (secondary N) is 2. The van der Waals surface area contributed by atoms with Gasteiger partial charge in [0.05, 0.1) is 36.8 Å². The Morgan fingerprint density at radius 2 is 1.85 bits per heavy atom. The predicted molar refractivity (Wildman–Crippen MR) is 153 cm³/mol. The smallest absolute Gasteiger partial charge is 0.227 e. The van der Waals surface area contributed by atoms with Gasteiger partial charge in [-0.05, 0) is 36.4 Å². The van der Waals surface area contributed by atoms with E-state index in [4.69, 9.17) is 9.47 Å². The maximum atomic E-state index is 15.1. The molecule has 2 aliphatic rings. The maximum absolute atomic E-state index is 15.1. The molecule has 5 heterocycles. The highest BCUT2D eigenvalue weighted by molar-refractivity contribution is 5.91. The van der Waals surface area contributed by atoms with Crippen LogP contribution in [0.15, 0.2) is 55.0 Å². The van der Waals surface area contributed by atoms with Crippen molar-refractivity contribution in [1.82, 2.24) is 29.7 Å². The normalized spacial score (nSPS) is 16.4. The Labute approximate surface area is 236 Å². The summed E-state index contributed by atoms with van der Waals surface area (Å²) < 4.78 is 38.8. The van der Waals surface area contributed by atoms with E-state index in [-0.39, 0.29) is 12.7 Å². The van der Waals surface area contributed by atoms with Crippen LogP contribution in [0.3, 0.4) is 0 Å². The molecule has 2 fully saturated rings. The molecule has 2 aliphatic heterocycles. The van der Waals surface area contributed by atoms with Gasteiger partial charge in [0.2, 0.25) is 5.95 Å². The molecule has 0 atom stereocenters. The molecule has 214 valence electrons. The van der Waals surface area contributed by atoms with E-state index in [1.807, 2.05) is 12.1 Å². The monoisotopic (exact) mass is 562 g/mol. The Morgan fingerprint density at radius 3 is 2.66 bits per heavy atom. The second kappa shape index (κ2) is 12.7. The molecule has 0 radical (unpaired) electrons. The van der Waals surface area contributed by atoms with Crippen LogP contribution in [-0.4, -0.2) is 102 Å². The van der Waals surface area contributed by atoms with Gasteiger partial charge in [-0.2, -0.15) is 0 Å². The minimum atomic E-state index is -0.412. The minimum Gasteiger partial charge on any atom is -0.492 e. The van der Waals surface area contributed by atoms with Gasteiger partial charge in [0.25, 0.3) is 0 Å². The average molecular weight is 563 g/mol.